The Morgan fingerprint density at radius 2 is 1.78 bits per heavy atom. The molecule has 0 aliphatic carbocycles. The molecule has 1 saturated heterocycles. The Morgan fingerprint density at radius 1 is 1.04 bits per heavy atom. The first kappa shape index (κ1) is 16.8. The molecule has 1 N–H and O–H groups in total. The fourth-order valence-electron chi connectivity index (χ4n) is 3.17. The summed E-state index contributed by atoms with van der Waals surface area (Å²) in [6, 6.07) is 18.0. The van der Waals surface area contributed by atoms with Crippen molar-refractivity contribution in [2.24, 2.45) is 0 Å². The van der Waals surface area contributed by atoms with E-state index in [1.165, 1.54) is 5.56 Å². The summed E-state index contributed by atoms with van der Waals surface area (Å²) in [5, 5.41) is 4.19. The zero-order valence-corrected chi connectivity index (χ0v) is 14.5. The van der Waals surface area contributed by atoms with Gasteiger partial charge >= 0.3 is 0 Å². The molecule has 0 amide bonds. The van der Waals surface area contributed by atoms with Crippen molar-refractivity contribution in [2.75, 3.05) is 19.7 Å². The first-order chi connectivity index (χ1) is 11.2. The topological polar surface area (TPSA) is 21.3 Å². The summed E-state index contributed by atoms with van der Waals surface area (Å²) in [6.45, 7) is 2.56. The van der Waals surface area contributed by atoms with Crippen LogP contribution >= 0.6 is 23.2 Å². The predicted octanol–water partition coefficient (Wildman–Crippen LogP) is 4.92. The van der Waals surface area contributed by atoms with Gasteiger partial charge in [0.1, 0.15) is 0 Å². The molecule has 0 saturated carbocycles. The van der Waals surface area contributed by atoms with Crippen molar-refractivity contribution >= 4 is 23.2 Å². The van der Waals surface area contributed by atoms with Crippen LogP contribution in [-0.2, 0) is 10.2 Å². The summed E-state index contributed by atoms with van der Waals surface area (Å²) in [5.74, 6) is 0. The van der Waals surface area contributed by atoms with Crippen molar-refractivity contribution in [1.82, 2.24) is 5.32 Å². The molecule has 0 radical (unpaired) electrons. The maximum atomic E-state index is 6.44. The second-order valence-electron chi connectivity index (χ2n) is 6.08. The Morgan fingerprint density at radius 3 is 2.48 bits per heavy atom. The minimum Gasteiger partial charge on any atom is -0.357 e. The van der Waals surface area contributed by atoms with Crippen molar-refractivity contribution in [3.63, 3.8) is 0 Å². The molecule has 23 heavy (non-hydrogen) atoms. The highest BCUT2D eigenvalue weighted by Crippen LogP contribution is 2.37. The standard InChI is InChI=1S/C19H21Cl2NO/c20-17-8-4-7-16(13-17)19(9-11-22-12-10-19)14-23-18(21)15-5-2-1-3-6-15/h1-8,13,18,22H,9-12,14H2. The summed E-state index contributed by atoms with van der Waals surface area (Å²) < 4.78 is 6.06. The van der Waals surface area contributed by atoms with E-state index in [1.54, 1.807) is 0 Å². The fraction of sp³-hybridized carbons (Fsp3) is 0.368. The van der Waals surface area contributed by atoms with Gasteiger partial charge in [0, 0.05) is 10.4 Å². The monoisotopic (exact) mass is 349 g/mol. The van der Waals surface area contributed by atoms with Crippen LogP contribution < -0.4 is 5.32 Å². The van der Waals surface area contributed by atoms with Crippen LogP contribution in [0.3, 0.4) is 0 Å². The molecule has 3 rings (SSSR count). The smallest absolute Gasteiger partial charge is 0.156 e. The largest absolute Gasteiger partial charge is 0.357 e. The van der Waals surface area contributed by atoms with E-state index in [1.807, 2.05) is 42.5 Å². The van der Waals surface area contributed by atoms with Crippen LogP contribution in [0.4, 0.5) is 0 Å². The van der Waals surface area contributed by atoms with Gasteiger partial charge in [0.05, 0.1) is 6.61 Å². The number of alkyl halides is 1. The van der Waals surface area contributed by atoms with Crippen molar-refractivity contribution in [3.8, 4) is 0 Å². The van der Waals surface area contributed by atoms with Gasteiger partial charge in [-0.05, 0) is 49.2 Å². The van der Waals surface area contributed by atoms with Crippen LogP contribution in [0.25, 0.3) is 0 Å². The van der Waals surface area contributed by atoms with Gasteiger partial charge in [0.25, 0.3) is 0 Å². The van der Waals surface area contributed by atoms with E-state index < -0.39 is 5.56 Å². The summed E-state index contributed by atoms with van der Waals surface area (Å²) in [4.78, 5) is 0. The SMILES string of the molecule is Clc1cccc(C2(COC(Cl)c3ccccc3)CCNCC2)c1. The maximum Gasteiger partial charge on any atom is 0.156 e. The van der Waals surface area contributed by atoms with Crippen molar-refractivity contribution in [2.45, 2.75) is 23.8 Å². The van der Waals surface area contributed by atoms with E-state index in [9.17, 15) is 0 Å². The van der Waals surface area contributed by atoms with Crippen LogP contribution in [0.15, 0.2) is 54.6 Å². The maximum absolute atomic E-state index is 6.44. The Labute approximate surface area is 147 Å². The van der Waals surface area contributed by atoms with Crippen molar-refractivity contribution < 1.29 is 4.74 Å². The Balaban J connectivity index is 1.77. The third kappa shape index (κ3) is 4.07. The first-order valence-corrected chi connectivity index (χ1v) is 8.78. The third-order valence-corrected chi connectivity index (χ3v) is 5.18. The highest BCUT2D eigenvalue weighted by Gasteiger charge is 2.35. The van der Waals surface area contributed by atoms with Gasteiger partial charge in [-0.3, -0.25) is 0 Å². The lowest BCUT2D eigenvalue weighted by Gasteiger charge is -2.38. The Hall–Kier alpha value is -1.06. The number of nitrogens with one attached hydrogen (secondary N) is 1. The van der Waals surface area contributed by atoms with Gasteiger partial charge in [-0.25, -0.2) is 0 Å². The predicted molar refractivity (Wildman–Crippen MR) is 96.2 cm³/mol. The van der Waals surface area contributed by atoms with Crippen LogP contribution in [-0.4, -0.2) is 19.7 Å². The number of hydrogen-bond acceptors (Lipinski definition) is 2. The average molecular weight is 350 g/mol. The lowest BCUT2D eigenvalue weighted by Crippen LogP contribution is -2.43. The molecule has 2 aromatic carbocycles. The molecule has 122 valence electrons. The van der Waals surface area contributed by atoms with E-state index >= 15 is 0 Å². The second-order valence-corrected chi connectivity index (χ2v) is 6.91. The zero-order valence-electron chi connectivity index (χ0n) is 13.0. The van der Waals surface area contributed by atoms with Gasteiger partial charge in [-0.2, -0.15) is 0 Å². The van der Waals surface area contributed by atoms with Crippen LogP contribution in [0, 0.1) is 0 Å². The first-order valence-electron chi connectivity index (χ1n) is 7.97. The normalized spacial score (nSPS) is 18.5. The quantitative estimate of drug-likeness (QED) is 0.773. The molecular formula is C19H21Cl2NO. The Bertz CT molecular complexity index is 626. The molecule has 1 atom stereocenters. The number of hydrogen-bond donors (Lipinski definition) is 1. The van der Waals surface area contributed by atoms with Crippen LogP contribution in [0.1, 0.15) is 29.5 Å². The van der Waals surface area contributed by atoms with Gasteiger partial charge in [0.2, 0.25) is 0 Å². The van der Waals surface area contributed by atoms with Gasteiger partial charge in [-0.1, -0.05) is 65.7 Å². The lowest BCUT2D eigenvalue weighted by molar-refractivity contribution is 0.0475. The molecule has 1 fully saturated rings. The minimum atomic E-state index is -0.429. The molecule has 1 aliphatic rings. The van der Waals surface area contributed by atoms with E-state index in [4.69, 9.17) is 27.9 Å². The molecule has 0 aromatic heterocycles. The zero-order chi connectivity index (χ0) is 16.1. The number of piperidine rings is 1. The summed E-state index contributed by atoms with van der Waals surface area (Å²) in [7, 11) is 0. The summed E-state index contributed by atoms with van der Waals surface area (Å²) in [5.41, 5.74) is 1.77. The molecule has 1 unspecified atom stereocenters. The summed E-state index contributed by atoms with van der Waals surface area (Å²) in [6.07, 6.45) is 2.04. The van der Waals surface area contributed by atoms with Gasteiger partial charge in [-0.15, -0.1) is 0 Å². The van der Waals surface area contributed by atoms with Crippen LogP contribution in [0.5, 0.6) is 0 Å². The number of rotatable bonds is 5. The van der Waals surface area contributed by atoms with Crippen LogP contribution in [0.2, 0.25) is 5.02 Å². The molecule has 1 heterocycles. The van der Waals surface area contributed by atoms with Gasteiger partial charge < -0.3 is 10.1 Å². The molecule has 2 nitrogen and oxygen atoms in total. The van der Waals surface area contributed by atoms with Crippen molar-refractivity contribution in [3.05, 3.63) is 70.7 Å². The molecule has 0 bridgehead atoms. The Kier molecular flexibility index (Phi) is 5.60. The molecule has 4 heteroatoms. The van der Waals surface area contributed by atoms with E-state index in [0.717, 1.165) is 36.5 Å². The molecule has 2 aromatic rings. The molecule has 0 spiro atoms. The van der Waals surface area contributed by atoms with Gasteiger partial charge in [0.15, 0.2) is 5.56 Å². The molecule has 1 aliphatic heterocycles. The second kappa shape index (κ2) is 7.67. The number of halogens is 2. The lowest BCUT2D eigenvalue weighted by atomic mass is 9.74. The minimum absolute atomic E-state index is 0.0297. The van der Waals surface area contributed by atoms with Crippen molar-refractivity contribution in [1.29, 1.82) is 0 Å². The fourth-order valence-corrected chi connectivity index (χ4v) is 3.57. The average Bonchev–Trinajstić information content (AvgIpc) is 2.61. The number of benzene rings is 2. The van der Waals surface area contributed by atoms with E-state index in [-0.39, 0.29) is 5.41 Å². The van der Waals surface area contributed by atoms with E-state index in [2.05, 4.69) is 17.4 Å². The third-order valence-electron chi connectivity index (χ3n) is 4.57. The highest BCUT2D eigenvalue weighted by atomic mass is 35.5. The molecular weight excluding hydrogens is 329 g/mol. The van der Waals surface area contributed by atoms with E-state index in [0.29, 0.717) is 6.61 Å². The highest BCUT2D eigenvalue weighted by molar-refractivity contribution is 6.30. The summed E-state index contributed by atoms with van der Waals surface area (Å²) >= 11 is 12.6. The number of ether oxygens (including phenoxy) is 1.